The molecule has 0 fully saturated rings. The van der Waals surface area contributed by atoms with E-state index in [4.69, 9.17) is 2.79 Å². The summed E-state index contributed by atoms with van der Waals surface area (Å²) in [4.78, 5) is 0. The minimum atomic E-state index is -3.16. The fourth-order valence-corrected chi connectivity index (χ4v) is 48.1. The first-order chi connectivity index (χ1) is 13.3. The molecule has 3 heteroatoms. The summed E-state index contributed by atoms with van der Waals surface area (Å²) in [5.41, 5.74) is 0. The van der Waals surface area contributed by atoms with Gasteiger partial charge in [-0.25, -0.2) is 0 Å². The van der Waals surface area contributed by atoms with Gasteiger partial charge in [0.05, 0.1) is 0 Å². The Hall–Kier alpha value is -0.514. The first-order valence-electron chi connectivity index (χ1n) is 11.1. The second kappa shape index (κ2) is 8.92. The van der Waals surface area contributed by atoms with Crippen molar-refractivity contribution in [2.24, 2.45) is 0 Å². The van der Waals surface area contributed by atoms with Gasteiger partial charge in [0.2, 0.25) is 0 Å². The van der Waals surface area contributed by atoms with Gasteiger partial charge in [0, 0.05) is 0 Å². The number of hydrogen-bond donors (Lipinski definition) is 0. The summed E-state index contributed by atoms with van der Waals surface area (Å²) in [6, 6.07) is 22.4. The van der Waals surface area contributed by atoms with Gasteiger partial charge in [0.15, 0.2) is 0 Å². The summed E-state index contributed by atoms with van der Waals surface area (Å²) in [7, 11) is 0. The van der Waals surface area contributed by atoms with Gasteiger partial charge in [-0.3, -0.25) is 0 Å². The van der Waals surface area contributed by atoms with E-state index in [0.29, 0.717) is 9.50 Å². The van der Waals surface area contributed by atoms with E-state index in [9.17, 15) is 0 Å². The molecule has 0 N–H and O–H groups in total. The van der Waals surface area contributed by atoms with Gasteiger partial charge in [-0.2, -0.15) is 0 Å². The van der Waals surface area contributed by atoms with Crippen LogP contribution in [0.2, 0.25) is 18.0 Å². The zero-order chi connectivity index (χ0) is 22.1. The zero-order valence-corrected chi connectivity index (χ0v) is 24.5. The number of benzene rings is 2. The predicted molar refractivity (Wildman–Crippen MR) is 134 cm³/mol. The molecule has 0 amide bonds. The van der Waals surface area contributed by atoms with Crippen molar-refractivity contribution in [2.75, 3.05) is 0 Å². The Morgan fingerprint density at radius 2 is 0.931 bits per heavy atom. The van der Waals surface area contributed by atoms with E-state index in [0.717, 1.165) is 0 Å². The molecule has 0 spiro atoms. The Morgan fingerprint density at radius 1 is 0.586 bits per heavy atom. The van der Waals surface area contributed by atoms with Gasteiger partial charge in [0.1, 0.15) is 0 Å². The minimum absolute atomic E-state index is 0.182. The molecule has 0 aromatic heterocycles. The fourth-order valence-electron chi connectivity index (χ4n) is 5.98. The summed E-state index contributed by atoms with van der Waals surface area (Å²) in [6.45, 7) is 24.3. The molecule has 0 aliphatic rings. The maximum atomic E-state index is 8.02. The molecule has 0 saturated heterocycles. The van der Waals surface area contributed by atoms with Crippen LogP contribution in [-0.2, 0) is 2.79 Å². The summed E-state index contributed by atoms with van der Waals surface area (Å²) in [6.07, 6.45) is 0. The molecule has 2 rings (SSSR count). The molecule has 2 aromatic rings. The van der Waals surface area contributed by atoms with Crippen molar-refractivity contribution in [3.63, 3.8) is 0 Å². The van der Waals surface area contributed by atoms with Crippen molar-refractivity contribution in [2.45, 2.75) is 87.2 Å². The average Bonchev–Trinajstić information content (AvgIpc) is 2.61. The van der Waals surface area contributed by atoms with Gasteiger partial charge in [-0.1, -0.05) is 0 Å². The zero-order valence-electron chi connectivity index (χ0n) is 20.3. The van der Waals surface area contributed by atoms with Gasteiger partial charge in [0.25, 0.3) is 0 Å². The molecular formula is C26H42Ge2O. The standard InChI is InChI=1S/C26H42Ge2O/c1-21(2)27(23-17-13-11-14-18-23,24-19-15-12-16-20-24)29-28(22(3)4,25(5,6)7)26(8,9)10/h11-22H,1-10H3. The van der Waals surface area contributed by atoms with Crippen LogP contribution in [-0.4, -0.2) is 27.2 Å². The van der Waals surface area contributed by atoms with Crippen molar-refractivity contribution < 1.29 is 2.79 Å². The van der Waals surface area contributed by atoms with E-state index < -0.39 is 27.2 Å². The third kappa shape index (κ3) is 4.43. The average molecular weight is 516 g/mol. The molecule has 2 aromatic carbocycles. The monoisotopic (exact) mass is 518 g/mol. The van der Waals surface area contributed by atoms with Crippen LogP contribution in [0.3, 0.4) is 0 Å². The molecule has 0 aliphatic carbocycles. The van der Waals surface area contributed by atoms with Crippen LogP contribution in [0, 0.1) is 0 Å². The number of hydrogen-bond acceptors (Lipinski definition) is 1. The first kappa shape index (κ1) is 24.8. The van der Waals surface area contributed by atoms with E-state index in [-0.39, 0.29) is 8.49 Å². The van der Waals surface area contributed by atoms with Crippen LogP contribution in [0.1, 0.15) is 69.2 Å². The third-order valence-corrected chi connectivity index (χ3v) is 36.1. The molecule has 0 heterocycles. The second-order valence-electron chi connectivity index (χ2n) is 11.1. The van der Waals surface area contributed by atoms with Crippen LogP contribution < -0.4 is 8.79 Å². The molecule has 0 unspecified atom stereocenters. The SMILES string of the molecule is C[CH](C)[Ge]([O][Ge]([CH](C)C)([C](C)(C)C)[C](C)(C)C)([c]1ccccc1)[c]1ccccc1. The van der Waals surface area contributed by atoms with Crippen molar-refractivity contribution in [1.29, 1.82) is 0 Å². The quantitative estimate of drug-likeness (QED) is 0.372. The molecule has 0 bridgehead atoms. The number of rotatable bonds is 6. The van der Waals surface area contributed by atoms with E-state index in [2.05, 4.69) is 130 Å². The Bertz CT molecular complexity index is 714. The first-order valence-corrected chi connectivity index (χ1v) is 19.4. The summed E-state index contributed by atoms with van der Waals surface area (Å²) >= 11 is -6.11. The van der Waals surface area contributed by atoms with Gasteiger partial charge in [-0.15, -0.1) is 0 Å². The Kier molecular flexibility index (Phi) is 7.62. The van der Waals surface area contributed by atoms with Crippen molar-refractivity contribution in [3.8, 4) is 0 Å². The van der Waals surface area contributed by atoms with Crippen LogP contribution in [0.5, 0.6) is 0 Å². The Labute approximate surface area is 186 Å². The van der Waals surface area contributed by atoms with Crippen molar-refractivity contribution >= 4 is 36.0 Å². The molecule has 0 saturated carbocycles. The second-order valence-corrected chi connectivity index (χ2v) is 33.5. The van der Waals surface area contributed by atoms with E-state index in [1.807, 2.05) is 0 Å². The summed E-state index contributed by atoms with van der Waals surface area (Å²) in [5, 5.41) is 0. The molecule has 0 aliphatic heterocycles. The van der Waals surface area contributed by atoms with Crippen LogP contribution in [0.15, 0.2) is 60.7 Å². The van der Waals surface area contributed by atoms with Crippen LogP contribution >= 0.6 is 0 Å². The molecule has 1 nitrogen and oxygen atoms in total. The topological polar surface area (TPSA) is 9.23 Å². The predicted octanol–water partition coefficient (Wildman–Crippen LogP) is 7.13. The van der Waals surface area contributed by atoms with E-state index in [1.54, 1.807) is 0 Å². The van der Waals surface area contributed by atoms with Gasteiger partial charge >= 0.3 is 187 Å². The molecular weight excluding hydrogens is 474 g/mol. The summed E-state index contributed by atoms with van der Waals surface area (Å²) in [5.74, 6) is 0. The van der Waals surface area contributed by atoms with Gasteiger partial charge < -0.3 is 0 Å². The normalized spacial score (nSPS) is 13.9. The van der Waals surface area contributed by atoms with Crippen molar-refractivity contribution in [3.05, 3.63) is 60.7 Å². The maximum absolute atomic E-state index is 8.02. The Morgan fingerprint density at radius 3 is 1.17 bits per heavy atom. The molecule has 29 heavy (non-hydrogen) atoms. The van der Waals surface area contributed by atoms with Crippen LogP contribution in [0.4, 0.5) is 0 Å². The van der Waals surface area contributed by atoms with Crippen LogP contribution in [0.25, 0.3) is 0 Å². The summed E-state index contributed by atoms with van der Waals surface area (Å²) < 4.78 is 12.4. The molecule has 0 radical (unpaired) electrons. The molecule has 160 valence electrons. The van der Waals surface area contributed by atoms with E-state index >= 15 is 0 Å². The van der Waals surface area contributed by atoms with Crippen molar-refractivity contribution in [1.82, 2.24) is 0 Å². The van der Waals surface area contributed by atoms with Gasteiger partial charge in [-0.05, 0) is 0 Å². The Balaban J connectivity index is 2.91. The fraction of sp³-hybridized carbons (Fsp3) is 0.538. The van der Waals surface area contributed by atoms with E-state index in [1.165, 1.54) is 8.79 Å². The molecule has 0 atom stereocenters. The third-order valence-electron chi connectivity index (χ3n) is 6.58.